The number of rotatable bonds is 5. The summed E-state index contributed by atoms with van der Waals surface area (Å²) in [6, 6.07) is 7.00. The Morgan fingerprint density at radius 3 is 2.57 bits per heavy atom. The zero-order valence-electron chi connectivity index (χ0n) is 11.5. The molecule has 0 fully saturated rings. The Balaban J connectivity index is 2.55. The van der Waals surface area contributed by atoms with Gasteiger partial charge in [-0.1, -0.05) is 13.3 Å². The Hall–Kier alpha value is -2.01. The van der Waals surface area contributed by atoms with Crippen molar-refractivity contribution in [2.75, 3.05) is 0 Å². The van der Waals surface area contributed by atoms with Crippen LogP contribution in [0.5, 0.6) is 0 Å². The van der Waals surface area contributed by atoms with Crippen LogP contribution in [0.2, 0.25) is 0 Å². The lowest BCUT2D eigenvalue weighted by Crippen LogP contribution is -2.28. The third kappa shape index (κ3) is 3.55. The molecule has 0 N–H and O–H groups in total. The average molecular weight is 309 g/mol. The zero-order chi connectivity index (χ0) is 15.4. The minimum Gasteiger partial charge on any atom is -0.275 e. The summed E-state index contributed by atoms with van der Waals surface area (Å²) in [6.07, 6.45) is 1.65. The van der Waals surface area contributed by atoms with E-state index in [1.807, 2.05) is 6.92 Å². The Kier molecular flexibility index (Phi) is 4.85. The number of hydrogen-bond acceptors (Lipinski definition) is 3. The van der Waals surface area contributed by atoms with Gasteiger partial charge in [0.15, 0.2) is 0 Å². The Morgan fingerprint density at radius 1 is 1.33 bits per heavy atom. The molecule has 1 heterocycles. The number of unbranched alkanes of at least 4 members (excludes halogenated alkanes) is 1. The van der Waals surface area contributed by atoms with E-state index < -0.39 is 10.8 Å². The zero-order valence-corrected chi connectivity index (χ0v) is 12.2. The lowest BCUT2D eigenvalue weighted by molar-refractivity contribution is 0.107. The number of carbonyl (C=O) groups excluding carboxylic acids is 1. The second kappa shape index (κ2) is 6.63. The Morgan fingerprint density at radius 2 is 2.00 bits per heavy atom. The van der Waals surface area contributed by atoms with Gasteiger partial charge < -0.3 is 0 Å². The molecular formula is C15H14ClFN2O2. The molecule has 0 spiro atoms. The minimum atomic E-state index is -0.823. The van der Waals surface area contributed by atoms with E-state index in [-0.39, 0.29) is 11.4 Å². The molecule has 0 saturated heterocycles. The van der Waals surface area contributed by atoms with E-state index in [9.17, 15) is 14.0 Å². The number of aryl methyl sites for hydroxylation is 1. The quantitative estimate of drug-likeness (QED) is 0.797. The second-order valence-corrected chi connectivity index (χ2v) is 4.95. The fourth-order valence-corrected chi connectivity index (χ4v) is 2.04. The van der Waals surface area contributed by atoms with Crippen molar-refractivity contribution in [3.63, 3.8) is 0 Å². The van der Waals surface area contributed by atoms with Crippen LogP contribution in [0.3, 0.4) is 0 Å². The van der Waals surface area contributed by atoms with E-state index in [0.717, 1.165) is 12.8 Å². The summed E-state index contributed by atoms with van der Waals surface area (Å²) < 4.78 is 14.2. The van der Waals surface area contributed by atoms with Crippen molar-refractivity contribution in [3.8, 4) is 11.3 Å². The highest BCUT2D eigenvalue weighted by Gasteiger charge is 2.14. The van der Waals surface area contributed by atoms with Crippen LogP contribution in [0.25, 0.3) is 11.3 Å². The highest BCUT2D eigenvalue weighted by atomic mass is 35.5. The molecule has 4 nitrogen and oxygen atoms in total. The van der Waals surface area contributed by atoms with Crippen LogP contribution in [0.15, 0.2) is 35.1 Å². The monoisotopic (exact) mass is 308 g/mol. The topological polar surface area (TPSA) is 52.0 Å². The van der Waals surface area contributed by atoms with E-state index in [2.05, 4.69) is 5.10 Å². The highest BCUT2D eigenvalue weighted by Crippen LogP contribution is 2.17. The van der Waals surface area contributed by atoms with Crippen molar-refractivity contribution in [2.45, 2.75) is 26.3 Å². The number of carbonyl (C=O) groups is 1. The van der Waals surface area contributed by atoms with Gasteiger partial charge in [-0.25, -0.2) is 9.07 Å². The predicted octanol–water partition coefficient (Wildman–Crippen LogP) is 3.23. The molecule has 2 aromatic rings. The van der Waals surface area contributed by atoms with E-state index in [1.54, 1.807) is 0 Å². The molecule has 0 aliphatic heterocycles. The van der Waals surface area contributed by atoms with Crippen LogP contribution < -0.4 is 5.56 Å². The molecule has 1 aromatic heterocycles. The highest BCUT2D eigenvalue weighted by molar-refractivity contribution is 6.67. The molecule has 6 heteroatoms. The van der Waals surface area contributed by atoms with Crippen molar-refractivity contribution < 1.29 is 9.18 Å². The summed E-state index contributed by atoms with van der Waals surface area (Å²) in [6.45, 7) is 2.39. The van der Waals surface area contributed by atoms with Gasteiger partial charge in [-0.15, -0.1) is 0 Å². The Bertz CT molecular complexity index is 711. The van der Waals surface area contributed by atoms with Crippen LogP contribution in [-0.2, 0) is 6.54 Å². The summed E-state index contributed by atoms with van der Waals surface area (Å²) in [5.74, 6) is -0.369. The number of hydrogen-bond donors (Lipinski definition) is 0. The normalized spacial score (nSPS) is 10.6. The smallest absolute Gasteiger partial charge is 0.275 e. The largest absolute Gasteiger partial charge is 0.278 e. The van der Waals surface area contributed by atoms with Crippen molar-refractivity contribution in [1.29, 1.82) is 0 Å². The second-order valence-electron chi connectivity index (χ2n) is 4.61. The van der Waals surface area contributed by atoms with Gasteiger partial charge in [0.05, 0.1) is 5.69 Å². The molecule has 110 valence electrons. The fraction of sp³-hybridized carbons (Fsp3) is 0.267. The van der Waals surface area contributed by atoms with Gasteiger partial charge in [-0.2, -0.15) is 5.10 Å². The fourth-order valence-electron chi connectivity index (χ4n) is 1.90. The summed E-state index contributed by atoms with van der Waals surface area (Å²) in [7, 11) is 0. The molecule has 0 bridgehead atoms. The number of nitrogens with zero attached hydrogens (tertiary/aromatic N) is 2. The lowest BCUT2D eigenvalue weighted by Gasteiger charge is -2.08. The van der Waals surface area contributed by atoms with Crippen molar-refractivity contribution in [3.05, 3.63) is 52.1 Å². The average Bonchev–Trinajstić information content (AvgIpc) is 2.47. The van der Waals surface area contributed by atoms with Crippen molar-refractivity contribution >= 4 is 16.8 Å². The summed E-state index contributed by atoms with van der Waals surface area (Å²) in [5.41, 5.74) is 0.395. The SMILES string of the molecule is CCCCn1nc(-c2ccc(F)cc2)cc(C(=O)Cl)c1=O. The van der Waals surface area contributed by atoms with Crippen LogP contribution in [0.4, 0.5) is 4.39 Å². The van der Waals surface area contributed by atoms with Gasteiger partial charge in [0, 0.05) is 12.1 Å². The lowest BCUT2D eigenvalue weighted by atomic mass is 10.1. The maximum absolute atomic E-state index is 13.0. The number of aromatic nitrogens is 2. The van der Waals surface area contributed by atoms with Gasteiger partial charge in [0.1, 0.15) is 11.4 Å². The van der Waals surface area contributed by atoms with E-state index in [1.165, 1.54) is 35.0 Å². The van der Waals surface area contributed by atoms with Crippen molar-refractivity contribution in [1.82, 2.24) is 9.78 Å². The Labute approximate surface area is 126 Å². The first-order chi connectivity index (χ1) is 10.0. The molecule has 0 saturated carbocycles. The molecule has 0 aliphatic rings. The molecule has 0 amide bonds. The molecule has 0 atom stereocenters. The van der Waals surface area contributed by atoms with E-state index in [0.29, 0.717) is 17.8 Å². The molecule has 2 rings (SSSR count). The number of halogens is 2. The summed E-state index contributed by atoms with van der Waals surface area (Å²) >= 11 is 5.46. The summed E-state index contributed by atoms with van der Waals surface area (Å²) in [4.78, 5) is 23.5. The molecule has 21 heavy (non-hydrogen) atoms. The van der Waals surface area contributed by atoms with Crippen LogP contribution >= 0.6 is 11.6 Å². The predicted molar refractivity (Wildman–Crippen MR) is 79.0 cm³/mol. The first-order valence-corrected chi connectivity index (χ1v) is 6.98. The minimum absolute atomic E-state index is 0.123. The van der Waals surface area contributed by atoms with Gasteiger partial charge in [0.2, 0.25) is 0 Å². The van der Waals surface area contributed by atoms with Gasteiger partial charge in [-0.05, 0) is 48.4 Å². The van der Waals surface area contributed by atoms with Gasteiger partial charge in [-0.3, -0.25) is 9.59 Å². The molecule has 1 aromatic carbocycles. The first kappa shape index (κ1) is 15.4. The van der Waals surface area contributed by atoms with Crippen LogP contribution in [-0.4, -0.2) is 15.0 Å². The third-order valence-electron chi connectivity index (χ3n) is 3.05. The van der Waals surface area contributed by atoms with E-state index in [4.69, 9.17) is 11.6 Å². The van der Waals surface area contributed by atoms with Gasteiger partial charge >= 0.3 is 0 Å². The molecule has 0 unspecified atom stereocenters. The molecular weight excluding hydrogens is 295 g/mol. The maximum atomic E-state index is 13.0. The van der Waals surface area contributed by atoms with Crippen molar-refractivity contribution in [2.24, 2.45) is 0 Å². The molecule has 0 aliphatic carbocycles. The van der Waals surface area contributed by atoms with Crippen LogP contribution in [0, 0.1) is 5.82 Å². The maximum Gasteiger partial charge on any atom is 0.278 e. The molecule has 0 radical (unpaired) electrons. The van der Waals surface area contributed by atoms with Gasteiger partial charge in [0.25, 0.3) is 10.8 Å². The first-order valence-electron chi connectivity index (χ1n) is 6.61. The van der Waals surface area contributed by atoms with E-state index >= 15 is 0 Å². The van der Waals surface area contributed by atoms with Crippen LogP contribution in [0.1, 0.15) is 30.1 Å². The number of benzene rings is 1. The third-order valence-corrected chi connectivity index (χ3v) is 3.25. The summed E-state index contributed by atoms with van der Waals surface area (Å²) in [5, 5.41) is 3.40. The standard InChI is InChI=1S/C15H14ClFN2O2/c1-2-3-8-19-15(21)12(14(16)20)9-13(18-19)10-4-6-11(17)7-5-10/h4-7,9H,2-3,8H2,1H3.